The van der Waals surface area contributed by atoms with Crippen molar-refractivity contribution in [2.45, 2.75) is 64.4 Å². The van der Waals surface area contributed by atoms with Gasteiger partial charge in [-0.15, -0.1) is 0 Å². The van der Waals surface area contributed by atoms with E-state index in [1.165, 1.54) is 38.5 Å². The third kappa shape index (κ3) is 4.08. The van der Waals surface area contributed by atoms with Gasteiger partial charge in [-0.25, -0.2) is 0 Å². The fourth-order valence-electron chi connectivity index (χ4n) is 3.58. The summed E-state index contributed by atoms with van der Waals surface area (Å²) in [5.41, 5.74) is 1.08. The minimum absolute atomic E-state index is 0.450. The van der Waals surface area contributed by atoms with E-state index in [0.29, 0.717) is 17.9 Å². The molecule has 2 aliphatic carbocycles. The molecule has 106 valence electrons. The largest absolute Gasteiger partial charge is 0.381 e. The molecule has 2 heteroatoms. The number of hydrogen-bond donors (Lipinski definition) is 0. The van der Waals surface area contributed by atoms with Crippen molar-refractivity contribution in [3.8, 4) is 6.07 Å². The second kappa shape index (κ2) is 7.10. The normalized spacial score (nSPS) is 36.8. The number of methoxy groups -OCH3 is 1. The van der Waals surface area contributed by atoms with Crippen LogP contribution in [-0.4, -0.2) is 13.2 Å². The molecule has 2 saturated carbocycles. The molecule has 0 N–H and O–H groups in total. The van der Waals surface area contributed by atoms with Gasteiger partial charge < -0.3 is 4.74 Å². The molecule has 0 atom stereocenters. The Labute approximate surface area is 117 Å². The molecule has 2 rings (SSSR count). The minimum atomic E-state index is 0.450. The van der Waals surface area contributed by atoms with Gasteiger partial charge in [0, 0.05) is 12.7 Å². The summed E-state index contributed by atoms with van der Waals surface area (Å²) in [6.07, 6.45) is 12.4. The summed E-state index contributed by atoms with van der Waals surface area (Å²) < 4.78 is 5.41. The first-order chi connectivity index (χ1) is 9.22. The smallest absolute Gasteiger partial charge is 0.0946 e. The first-order valence-electron chi connectivity index (χ1n) is 7.87. The number of ether oxygens (including phenoxy) is 1. The molecule has 0 radical (unpaired) electrons. The molecule has 0 amide bonds. The zero-order valence-electron chi connectivity index (χ0n) is 12.4. The Hall–Kier alpha value is -0.810. The lowest BCUT2D eigenvalue weighted by Gasteiger charge is -2.28. The molecule has 0 aromatic heterocycles. The molecular weight excluding hydrogens is 234 g/mol. The molecule has 0 aromatic rings. The summed E-state index contributed by atoms with van der Waals surface area (Å²) in [6, 6.07) is 2.49. The highest BCUT2D eigenvalue weighted by molar-refractivity contribution is 5.25. The van der Waals surface area contributed by atoms with Gasteiger partial charge in [-0.1, -0.05) is 25.8 Å². The molecule has 2 aliphatic rings. The Kier molecular flexibility index (Phi) is 5.45. The first-order valence-corrected chi connectivity index (χ1v) is 7.87. The number of nitrogens with zero attached hydrogens (tertiary/aromatic N) is 1. The Morgan fingerprint density at radius 3 is 2.21 bits per heavy atom. The van der Waals surface area contributed by atoms with Gasteiger partial charge in [-0.2, -0.15) is 5.26 Å². The molecule has 0 unspecified atom stereocenters. The van der Waals surface area contributed by atoms with E-state index in [0.717, 1.165) is 24.3 Å². The second-order valence-electron chi connectivity index (χ2n) is 6.46. The van der Waals surface area contributed by atoms with E-state index in [1.54, 1.807) is 0 Å². The van der Waals surface area contributed by atoms with Gasteiger partial charge >= 0.3 is 0 Å². The van der Waals surface area contributed by atoms with Crippen LogP contribution in [0.2, 0.25) is 0 Å². The van der Waals surface area contributed by atoms with E-state index in [1.807, 2.05) is 7.11 Å². The van der Waals surface area contributed by atoms with Gasteiger partial charge in [0.05, 0.1) is 12.2 Å². The van der Waals surface area contributed by atoms with Crippen LogP contribution in [0.1, 0.15) is 58.3 Å². The Morgan fingerprint density at radius 2 is 1.68 bits per heavy atom. The molecule has 0 spiro atoms. The molecule has 0 aliphatic heterocycles. The first kappa shape index (κ1) is 14.6. The maximum Gasteiger partial charge on any atom is 0.0946 e. The van der Waals surface area contributed by atoms with Crippen molar-refractivity contribution in [1.29, 1.82) is 5.26 Å². The summed E-state index contributed by atoms with van der Waals surface area (Å²) in [6.45, 7) is 2.33. The highest BCUT2D eigenvalue weighted by atomic mass is 16.5. The van der Waals surface area contributed by atoms with E-state index in [9.17, 15) is 5.26 Å². The molecular formula is C17H27NO. The standard InChI is InChI=1S/C17H27NO/c1-13-3-7-15(8-4-13)16(12-18)11-14-5-9-17(19-2)10-6-14/h11,13-15,17H,3-10H2,1-2H3/b16-11-. The predicted molar refractivity (Wildman–Crippen MR) is 77.6 cm³/mol. The van der Waals surface area contributed by atoms with Crippen LogP contribution in [0.15, 0.2) is 11.6 Å². The summed E-state index contributed by atoms with van der Waals surface area (Å²) in [5.74, 6) is 2.01. The third-order valence-corrected chi connectivity index (χ3v) is 5.05. The van der Waals surface area contributed by atoms with Gasteiger partial charge in [0.15, 0.2) is 0 Å². The maximum absolute atomic E-state index is 9.43. The maximum atomic E-state index is 9.43. The van der Waals surface area contributed by atoms with Gasteiger partial charge in [0.25, 0.3) is 0 Å². The van der Waals surface area contributed by atoms with Crippen LogP contribution in [0.25, 0.3) is 0 Å². The van der Waals surface area contributed by atoms with Crippen LogP contribution in [-0.2, 0) is 4.74 Å². The third-order valence-electron chi connectivity index (χ3n) is 5.05. The van der Waals surface area contributed by atoms with E-state index >= 15 is 0 Å². The number of rotatable bonds is 3. The van der Waals surface area contributed by atoms with Crippen molar-refractivity contribution in [3.63, 3.8) is 0 Å². The lowest BCUT2D eigenvalue weighted by Crippen LogP contribution is -2.20. The quantitative estimate of drug-likeness (QED) is 0.702. The number of hydrogen-bond acceptors (Lipinski definition) is 2. The highest BCUT2D eigenvalue weighted by Crippen LogP contribution is 2.35. The average molecular weight is 261 g/mol. The summed E-state index contributed by atoms with van der Waals surface area (Å²) in [5, 5.41) is 9.43. The summed E-state index contributed by atoms with van der Waals surface area (Å²) in [4.78, 5) is 0. The molecule has 0 saturated heterocycles. The van der Waals surface area contributed by atoms with Crippen molar-refractivity contribution >= 4 is 0 Å². The van der Waals surface area contributed by atoms with Crippen LogP contribution in [0.5, 0.6) is 0 Å². The molecule has 19 heavy (non-hydrogen) atoms. The number of allylic oxidation sites excluding steroid dienone is 2. The fourth-order valence-corrected chi connectivity index (χ4v) is 3.58. The van der Waals surface area contributed by atoms with Crippen molar-refractivity contribution in [3.05, 3.63) is 11.6 Å². The molecule has 0 aromatic carbocycles. The van der Waals surface area contributed by atoms with E-state index in [-0.39, 0.29) is 0 Å². The molecule has 0 heterocycles. The van der Waals surface area contributed by atoms with Crippen molar-refractivity contribution < 1.29 is 4.74 Å². The molecule has 2 fully saturated rings. The van der Waals surface area contributed by atoms with Gasteiger partial charge in [0.2, 0.25) is 0 Å². The van der Waals surface area contributed by atoms with Crippen LogP contribution >= 0.6 is 0 Å². The zero-order valence-corrected chi connectivity index (χ0v) is 12.4. The molecule has 2 nitrogen and oxygen atoms in total. The minimum Gasteiger partial charge on any atom is -0.381 e. The highest BCUT2D eigenvalue weighted by Gasteiger charge is 2.24. The van der Waals surface area contributed by atoms with Gasteiger partial charge in [-0.05, 0) is 56.3 Å². The van der Waals surface area contributed by atoms with E-state index in [2.05, 4.69) is 19.1 Å². The second-order valence-corrected chi connectivity index (χ2v) is 6.46. The lowest BCUT2D eigenvalue weighted by atomic mass is 9.77. The van der Waals surface area contributed by atoms with E-state index in [4.69, 9.17) is 4.74 Å². The Balaban J connectivity index is 1.91. The monoisotopic (exact) mass is 261 g/mol. The van der Waals surface area contributed by atoms with Crippen LogP contribution < -0.4 is 0 Å². The van der Waals surface area contributed by atoms with Gasteiger partial charge in [0.1, 0.15) is 0 Å². The number of nitriles is 1. The van der Waals surface area contributed by atoms with E-state index < -0.39 is 0 Å². The Morgan fingerprint density at radius 1 is 1.05 bits per heavy atom. The average Bonchev–Trinajstić information content (AvgIpc) is 2.46. The van der Waals surface area contributed by atoms with Crippen molar-refractivity contribution in [1.82, 2.24) is 0 Å². The zero-order chi connectivity index (χ0) is 13.7. The van der Waals surface area contributed by atoms with Crippen molar-refractivity contribution in [2.24, 2.45) is 17.8 Å². The van der Waals surface area contributed by atoms with Crippen LogP contribution in [0.3, 0.4) is 0 Å². The van der Waals surface area contributed by atoms with Crippen LogP contribution in [0, 0.1) is 29.1 Å². The molecule has 0 bridgehead atoms. The van der Waals surface area contributed by atoms with Crippen LogP contribution in [0.4, 0.5) is 0 Å². The Bertz CT molecular complexity index is 339. The lowest BCUT2D eigenvalue weighted by molar-refractivity contribution is 0.0625. The van der Waals surface area contributed by atoms with Crippen molar-refractivity contribution in [2.75, 3.05) is 7.11 Å². The summed E-state index contributed by atoms with van der Waals surface area (Å²) >= 11 is 0. The predicted octanol–water partition coefficient (Wildman–Crippen LogP) is 4.47. The fraction of sp³-hybridized carbons (Fsp3) is 0.824. The summed E-state index contributed by atoms with van der Waals surface area (Å²) in [7, 11) is 1.81. The van der Waals surface area contributed by atoms with Gasteiger partial charge in [-0.3, -0.25) is 0 Å². The topological polar surface area (TPSA) is 33.0 Å². The SMILES string of the molecule is COC1CCC(/C=C(/C#N)C2CCC(C)CC2)CC1.